The zero-order valence-corrected chi connectivity index (χ0v) is 13.5. The van der Waals surface area contributed by atoms with E-state index < -0.39 is 10.0 Å². The van der Waals surface area contributed by atoms with Crippen molar-refractivity contribution in [1.29, 1.82) is 0 Å². The third kappa shape index (κ3) is 5.55. The van der Waals surface area contributed by atoms with Crippen molar-refractivity contribution in [3.63, 3.8) is 0 Å². The van der Waals surface area contributed by atoms with Gasteiger partial charge in [-0.15, -0.1) is 0 Å². The van der Waals surface area contributed by atoms with E-state index in [-0.39, 0.29) is 4.90 Å². The minimum atomic E-state index is -3.61. The Morgan fingerprint density at radius 3 is 2.53 bits per heavy atom. The van der Waals surface area contributed by atoms with Gasteiger partial charge < -0.3 is 0 Å². The van der Waals surface area contributed by atoms with Crippen molar-refractivity contribution in [3.8, 4) is 0 Å². The molecular weight excluding hydrogens is 278 g/mol. The van der Waals surface area contributed by atoms with Crippen LogP contribution in [-0.2, 0) is 16.4 Å². The Morgan fingerprint density at radius 2 is 1.95 bits per heavy atom. The highest BCUT2D eigenvalue weighted by Gasteiger charge is 2.13. The molecule has 2 N–H and O–H groups in total. The lowest BCUT2D eigenvalue weighted by atomic mass is 10.0. The monoisotopic (exact) mass is 301 g/mol. The molecule has 0 aromatic heterocycles. The van der Waals surface area contributed by atoms with Crippen molar-refractivity contribution in [2.75, 3.05) is 5.75 Å². The van der Waals surface area contributed by atoms with Crippen LogP contribution in [0.25, 0.3) is 0 Å². The van der Waals surface area contributed by atoms with Crippen molar-refractivity contribution in [2.24, 2.45) is 5.14 Å². The maximum atomic E-state index is 11.4. The second-order valence-electron chi connectivity index (χ2n) is 4.96. The summed E-state index contributed by atoms with van der Waals surface area (Å²) in [6.45, 7) is 6.23. The van der Waals surface area contributed by atoms with Crippen LogP contribution in [0.2, 0.25) is 0 Å². The van der Waals surface area contributed by atoms with Crippen LogP contribution in [0.15, 0.2) is 23.1 Å². The van der Waals surface area contributed by atoms with Gasteiger partial charge in [-0.05, 0) is 54.4 Å². The van der Waals surface area contributed by atoms with E-state index in [4.69, 9.17) is 5.14 Å². The number of primary sulfonamides is 1. The Kier molecular flexibility index (Phi) is 6.36. The highest BCUT2D eigenvalue weighted by atomic mass is 32.2. The van der Waals surface area contributed by atoms with Gasteiger partial charge in [-0.25, -0.2) is 13.6 Å². The second kappa shape index (κ2) is 7.31. The summed E-state index contributed by atoms with van der Waals surface area (Å²) in [5.41, 5.74) is 1.88. The Bertz CT molecular complexity index is 510. The van der Waals surface area contributed by atoms with Crippen LogP contribution in [0.5, 0.6) is 0 Å². The SMILES string of the molecule is Cc1c(CCCCSC(C)C)cccc1S(N)(=O)=O. The number of unbranched alkanes of at least 4 members (excludes halogenated alkanes) is 1. The molecule has 108 valence electrons. The van der Waals surface area contributed by atoms with Crippen LogP contribution in [-0.4, -0.2) is 19.4 Å². The van der Waals surface area contributed by atoms with Crippen molar-refractivity contribution in [1.82, 2.24) is 0 Å². The van der Waals surface area contributed by atoms with Crippen molar-refractivity contribution >= 4 is 21.8 Å². The number of nitrogens with two attached hydrogens (primary N) is 1. The van der Waals surface area contributed by atoms with Crippen molar-refractivity contribution in [2.45, 2.75) is 50.2 Å². The number of aryl methyl sites for hydroxylation is 1. The third-order valence-electron chi connectivity index (χ3n) is 2.99. The average Bonchev–Trinajstić information content (AvgIpc) is 2.28. The minimum absolute atomic E-state index is 0.251. The zero-order valence-electron chi connectivity index (χ0n) is 11.8. The summed E-state index contributed by atoms with van der Waals surface area (Å²) in [7, 11) is -3.61. The van der Waals surface area contributed by atoms with Gasteiger partial charge >= 0.3 is 0 Å². The number of sulfonamides is 1. The van der Waals surface area contributed by atoms with Crippen LogP contribution in [0.4, 0.5) is 0 Å². The predicted octanol–water partition coefficient (Wildman–Crippen LogP) is 3.11. The number of rotatable bonds is 7. The molecule has 19 heavy (non-hydrogen) atoms. The summed E-state index contributed by atoms with van der Waals surface area (Å²) in [4.78, 5) is 0.251. The smallest absolute Gasteiger partial charge is 0.225 e. The quantitative estimate of drug-likeness (QED) is 0.787. The van der Waals surface area contributed by atoms with Crippen molar-refractivity contribution < 1.29 is 8.42 Å². The molecule has 0 bridgehead atoms. The van der Waals surface area contributed by atoms with Gasteiger partial charge in [0.05, 0.1) is 4.90 Å². The molecule has 3 nitrogen and oxygen atoms in total. The summed E-state index contributed by atoms with van der Waals surface area (Å²) in [5.74, 6) is 1.16. The van der Waals surface area contributed by atoms with Crippen LogP contribution in [0.1, 0.15) is 37.8 Å². The molecule has 0 aliphatic heterocycles. The molecule has 0 spiro atoms. The second-order valence-corrected chi connectivity index (χ2v) is 8.18. The summed E-state index contributed by atoms with van der Waals surface area (Å²) >= 11 is 1.96. The first-order chi connectivity index (χ1) is 8.82. The van der Waals surface area contributed by atoms with E-state index in [1.54, 1.807) is 12.1 Å². The molecule has 0 saturated heterocycles. The van der Waals surface area contributed by atoms with E-state index in [0.717, 1.165) is 36.1 Å². The highest BCUT2D eigenvalue weighted by molar-refractivity contribution is 7.99. The van der Waals surface area contributed by atoms with Gasteiger partial charge in [-0.1, -0.05) is 26.0 Å². The minimum Gasteiger partial charge on any atom is -0.225 e. The standard InChI is InChI=1S/C14H23NO2S2/c1-11(2)18-10-5-4-7-13-8-6-9-14(12(13)3)19(15,16)17/h6,8-9,11H,4-5,7,10H2,1-3H3,(H2,15,16,17). The number of hydrogen-bond acceptors (Lipinski definition) is 3. The van der Waals surface area contributed by atoms with Gasteiger partial charge in [0, 0.05) is 0 Å². The highest BCUT2D eigenvalue weighted by Crippen LogP contribution is 2.20. The van der Waals surface area contributed by atoms with Gasteiger partial charge in [0.25, 0.3) is 0 Å². The van der Waals surface area contributed by atoms with E-state index in [1.807, 2.05) is 24.8 Å². The Balaban J connectivity index is 2.60. The van der Waals surface area contributed by atoms with Crippen LogP contribution >= 0.6 is 11.8 Å². The molecule has 0 unspecified atom stereocenters. The Hall–Kier alpha value is -0.520. The summed E-state index contributed by atoms with van der Waals surface area (Å²) in [6.07, 6.45) is 3.14. The summed E-state index contributed by atoms with van der Waals surface area (Å²) in [5, 5.41) is 5.88. The first-order valence-corrected chi connectivity index (χ1v) is 9.14. The fourth-order valence-corrected chi connectivity index (χ4v) is 3.64. The van der Waals surface area contributed by atoms with E-state index in [2.05, 4.69) is 13.8 Å². The largest absolute Gasteiger partial charge is 0.238 e. The normalized spacial score (nSPS) is 12.1. The topological polar surface area (TPSA) is 60.2 Å². The molecular formula is C14H23NO2S2. The van der Waals surface area contributed by atoms with Crippen LogP contribution in [0.3, 0.4) is 0 Å². The average molecular weight is 301 g/mol. The molecule has 0 amide bonds. The lowest BCUT2D eigenvalue weighted by molar-refractivity contribution is 0.597. The van der Waals surface area contributed by atoms with E-state index in [0.29, 0.717) is 5.25 Å². The summed E-state index contributed by atoms with van der Waals surface area (Å²) in [6, 6.07) is 5.33. The number of benzene rings is 1. The molecule has 0 radical (unpaired) electrons. The first-order valence-electron chi connectivity index (χ1n) is 6.55. The fourth-order valence-electron chi connectivity index (χ4n) is 1.98. The molecule has 0 atom stereocenters. The Morgan fingerprint density at radius 1 is 1.26 bits per heavy atom. The molecule has 0 saturated carbocycles. The maximum absolute atomic E-state index is 11.4. The van der Waals surface area contributed by atoms with Gasteiger partial charge in [0.2, 0.25) is 10.0 Å². The molecule has 0 fully saturated rings. The fraction of sp³-hybridized carbons (Fsp3) is 0.571. The van der Waals surface area contributed by atoms with E-state index in [1.165, 1.54) is 0 Å². The number of thioether (sulfide) groups is 1. The molecule has 5 heteroatoms. The molecule has 0 heterocycles. The van der Waals surface area contributed by atoms with Crippen molar-refractivity contribution in [3.05, 3.63) is 29.3 Å². The molecule has 0 aliphatic carbocycles. The van der Waals surface area contributed by atoms with Gasteiger partial charge in [0.15, 0.2) is 0 Å². The van der Waals surface area contributed by atoms with Gasteiger partial charge in [-0.3, -0.25) is 0 Å². The van der Waals surface area contributed by atoms with E-state index in [9.17, 15) is 8.42 Å². The van der Waals surface area contributed by atoms with E-state index >= 15 is 0 Å². The van der Waals surface area contributed by atoms with Crippen LogP contribution in [0, 0.1) is 6.92 Å². The van der Waals surface area contributed by atoms with Gasteiger partial charge in [-0.2, -0.15) is 11.8 Å². The summed E-state index contributed by atoms with van der Waals surface area (Å²) < 4.78 is 22.9. The first kappa shape index (κ1) is 16.5. The molecule has 1 aromatic carbocycles. The third-order valence-corrected chi connectivity index (χ3v) is 5.24. The molecule has 1 rings (SSSR count). The molecule has 1 aromatic rings. The number of hydrogen-bond donors (Lipinski definition) is 1. The zero-order chi connectivity index (χ0) is 14.5. The van der Waals surface area contributed by atoms with Gasteiger partial charge in [0.1, 0.15) is 0 Å². The molecule has 0 aliphatic rings. The lowest BCUT2D eigenvalue weighted by Gasteiger charge is -2.10. The Labute approximate surface area is 121 Å². The maximum Gasteiger partial charge on any atom is 0.238 e. The van der Waals surface area contributed by atoms with Crippen LogP contribution < -0.4 is 5.14 Å². The predicted molar refractivity (Wildman–Crippen MR) is 83.1 cm³/mol. The lowest BCUT2D eigenvalue weighted by Crippen LogP contribution is -2.14.